The molecule has 0 spiro atoms. The highest BCUT2D eigenvalue weighted by molar-refractivity contribution is 5.98. The number of hydrogen-bond donors (Lipinski definition) is 2. The van der Waals surface area contributed by atoms with Crippen LogP contribution >= 0.6 is 0 Å². The molecule has 2 aromatic heterocycles. The Morgan fingerprint density at radius 3 is 2.62 bits per heavy atom. The number of hydrogen-bond acceptors (Lipinski definition) is 4. The number of primary amides is 1. The Bertz CT molecular complexity index is 838. The zero-order chi connectivity index (χ0) is 16.9. The maximum atomic E-state index is 12.0. The van der Waals surface area contributed by atoms with Crippen LogP contribution in [0.5, 0.6) is 0 Å². The molecule has 0 radical (unpaired) electrons. The quantitative estimate of drug-likeness (QED) is 0.718. The van der Waals surface area contributed by atoms with E-state index in [2.05, 4.69) is 10.4 Å². The summed E-state index contributed by atoms with van der Waals surface area (Å²) in [6.07, 6.45) is 3.03. The van der Waals surface area contributed by atoms with Crippen molar-refractivity contribution in [3.05, 3.63) is 66.2 Å². The molecule has 0 aliphatic carbocycles. The van der Waals surface area contributed by atoms with Crippen LogP contribution in [-0.2, 0) is 17.9 Å². The number of nitrogens with zero attached hydrogens (tertiary/aromatic N) is 2. The lowest BCUT2D eigenvalue weighted by atomic mass is 10.1. The van der Waals surface area contributed by atoms with Gasteiger partial charge in [0.05, 0.1) is 18.4 Å². The lowest BCUT2D eigenvalue weighted by Crippen LogP contribution is -2.27. The van der Waals surface area contributed by atoms with Gasteiger partial charge >= 0.3 is 0 Å². The highest BCUT2D eigenvalue weighted by Gasteiger charge is 2.16. The SMILES string of the molecule is NC(=O)c1cn(CC(=O)NCc2ccco2)nc1-c1ccccc1. The summed E-state index contributed by atoms with van der Waals surface area (Å²) in [5.41, 5.74) is 6.92. The van der Waals surface area contributed by atoms with E-state index in [9.17, 15) is 9.59 Å². The van der Waals surface area contributed by atoms with E-state index in [4.69, 9.17) is 10.2 Å². The van der Waals surface area contributed by atoms with Crippen LogP contribution in [0.4, 0.5) is 0 Å². The van der Waals surface area contributed by atoms with Gasteiger partial charge in [0.1, 0.15) is 18.0 Å². The molecule has 0 atom stereocenters. The predicted molar refractivity (Wildman–Crippen MR) is 86.7 cm³/mol. The average Bonchev–Trinajstić information content (AvgIpc) is 3.23. The molecule has 24 heavy (non-hydrogen) atoms. The van der Waals surface area contributed by atoms with Crippen LogP contribution in [0.3, 0.4) is 0 Å². The normalized spacial score (nSPS) is 10.5. The van der Waals surface area contributed by atoms with Gasteiger partial charge in [-0.05, 0) is 12.1 Å². The first-order valence-electron chi connectivity index (χ1n) is 7.35. The lowest BCUT2D eigenvalue weighted by molar-refractivity contribution is -0.122. The van der Waals surface area contributed by atoms with Gasteiger partial charge < -0.3 is 15.5 Å². The molecule has 1 aromatic carbocycles. The zero-order valence-corrected chi connectivity index (χ0v) is 12.8. The third-order valence-electron chi connectivity index (χ3n) is 3.42. The number of furan rings is 1. The molecular formula is C17H16N4O3. The van der Waals surface area contributed by atoms with Crippen molar-refractivity contribution >= 4 is 11.8 Å². The first kappa shape index (κ1) is 15.5. The van der Waals surface area contributed by atoms with Crippen LogP contribution in [0, 0.1) is 0 Å². The third-order valence-corrected chi connectivity index (χ3v) is 3.42. The second-order valence-electron chi connectivity index (χ2n) is 5.18. The summed E-state index contributed by atoms with van der Waals surface area (Å²) in [5, 5.41) is 7.04. The highest BCUT2D eigenvalue weighted by atomic mass is 16.3. The van der Waals surface area contributed by atoms with Crippen molar-refractivity contribution in [1.82, 2.24) is 15.1 Å². The van der Waals surface area contributed by atoms with Gasteiger partial charge in [0, 0.05) is 11.8 Å². The van der Waals surface area contributed by atoms with Gasteiger partial charge in [0.2, 0.25) is 5.91 Å². The van der Waals surface area contributed by atoms with Gasteiger partial charge in [0.15, 0.2) is 0 Å². The van der Waals surface area contributed by atoms with E-state index in [0.29, 0.717) is 18.0 Å². The molecule has 2 heterocycles. The number of amides is 2. The fraction of sp³-hybridized carbons (Fsp3) is 0.118. The monoisotopic (exact) mass is 324 g/mol. The smallest absolute Gasteiger partial charge is 0.252 e. The molecule has 3 aromatic rings. The highest BCUT2D eigenvalue weighted by Crippen LogP contribution is 2.21. The van der Waals surface area contributed by atoms with E-state index in [1.807, 2.05) is 30.3 Å². The fourth-order valence-electron chi connectivity index (χ4n) is 2.29. The molecule has 2 amide bonds. The molecule has 3 rings (SSSR count). The van der Waals surface area contributed by atoms with Gasteiger partial charge in [-0.1, -0.05) is 30.3 Å². The number of carbonyl (C=O) groups is 2. The number of benzene rings is 1. The standard InChI is InChI=1S/C17H16N4O3/c18-17(23)14-10-21(20-16(14)12-5-2-1-3-6-12)11-15(22)19-9-13-7-4-8-24-13/h1-8,10H,9,11H2,(H2,18,23)(H,19,22). The van der Waals surface area contributed by atoms with E-state index >= 15 is 0 Å². The van der Waals surface area contributed by atoms with Crippen LogP contribution in [0.25, 0.3) is 11.3 Å². The average molecular weight is 324 g/mol. The first-order valence-corrected chi connectivity index (χ1v) is 7.35. The summed E-state index contributed by atoms with van der Waals surface area (Å²) < 4.78 is 6.55. The molecule has 0 saturated carbocycles. The molecule has 3 N–H and O–H groups in total. The number of rotatable bonds is 6. The van der Waals surface area contributed by atoms with Crippen LogP contribution in [0.2, 0.25) is 0 Å². The molecule has 7 heteroatoms. The summed E-state index contributed by atoms with van der Waals surface area (Å²) in [7, 11) is 0. The molecule has 122 valence electrons. The number of carbonyl (C=O) groups excluding carboxylic acids is 2. The molecule has 7 nitrogen and oxygen atoms in total. The third kappa shape index (κ3) is 3.52. The Morgan fingerprint density at radius 2 is 1.96 bits per heavy atom. The van der Waals surface area contributed by atoms with E-state index in [1.54, 1.807) is 18.4 Å². The molecule has 0 unspecified atom stereocenters. The first-order chi connectivity index (χ1) is 11.6. The van der Waals surface area contributed by atoms with Gasteiger partial charge in [-0.15, -0.1) is 0 Å². The molecule has 0 saturated heterocycles. The largest absolute Gasteiger partial charge is 0.467 e. The van der Waals surface area contributed by atoms with Gasteiger partial charge in [-0.3, -0.25) is 14.3 Å². The van der Waals surface area contributed by atoms with Crippen LogP contribution in [0.15, 0.2) is 59.3 Å². The van der Waals surface area contributed by atoms with Crippen LogP contribution < -0.4 is 11.1 Å². The van der Waals surface area contributed by atoms with Crippen molar-refractivity contribution in [1.29, 1.82) is 0 Å². The Hall–Kier alpha value is -3.35. The van der Waals surface area contributed by atoms with Crippen LogP contribution in [-0.4, -0.2) is 21.6 Å². The molecular weight excluding hydrogens is 308 g/mol. The van der Waals surface area contributed by atoms with Crippen molar-refractivity contribution in [2.75, 3.05) is 0 Å². The Balaban J connectivity index is 1.74. The van der Waals surface area contributed by atoms with Crippen LogP contribution in [0.1, 0.15) is 16.1 Å². The second kappa shape index (κ2) is 6.82. The lowest BCUT2D eigenvalue weighted by Gasteiger charge is -2.03. The number of nitrogens with two attached hydrogens (primary N) is 1. The Labute approximate surface area is 138 Å². The molecule has 0 fully saturated rings. The molecule has 0 aliphatic rings. The van der Waals surface area contributed by atoms with E-state index in [-0.39, 0.29) is 18.0 Å². The predicted octanol–water partition coefficient (Wildman–Crippen LogP) is 1.56. The van der Waals surface area contributed by atoms with E-state index in [0.717, 1.165) is 5.56 Å². The summed E-state index contributed by atoms with van der Waals surface area (Å²) >= 11 is 0. The van der Waals surface area contributed by atoms with Gasteiger partial charge in [-0.25, -0.2) is 0 Å². The second-order valence-corrected chi connectivity index (χ2v) is 5.18. The fourth-order valence-corrected chi connectivity index (χ4v) is 2.29. The topological polar surface area (TPSA) is 103 Å². The van der Waals surface area contributed by atoms with Crippen molar-refractivity contribution < 1.29 is 14.0 Å². The van der Waals surface area contributed by atoms with Crippen molar-refractivity contribution in [3.63, 3.8) is 0 Å². The van der Waals surface area contributed by atoms with Crippen molar-refractivity contribution in [2.45, 2.75) is 13.1 Å². The van der Waals surface area contributed by atoms with Gasteiger partial charge in [0.25, 0.3) is 5.91 Å². The van der Waals surface area contributed by atoms with E-state index in [1.165, 1.54) is 10.9 Å². The summed E-state index contributed by atoms with van der Waals surface area (Å²) in [6, 6.07) is 12.7. The Morgan fingerprint density at radius 1 is 1.17 bits per heavy atom. The maximum Gasteiger partial charge on any atom is 0.252 e. The minimum atomic E-state index is -0.587. The Kier molecular flexibility index (Phi) is 4.42. The zero-order valence-electron chi connectivity index (χ0n) is 12.8. The summed E-state index contributed by atoms with van der Waals surface area (Å²) in [5.74, 6) is -0.174. The summed E-state index contributed by atoms with van der Waals surface area (Å²) in [6.45, 7) is 0.273. The number of aromatic nitrogens is 2. The van der Waals surface area contributed by atoms with E-state index < -0.39 is 5.91 Å². The number of nitrogens with one attached hydrogen (secondary N) is 1. The van der Waals surface area contributed by atoms with Crippen molar-refractivity contribution in [2.24, 2.45) is 5.73 Å². The minimum Gasteiger partial charge on any atom is -0.467 e. The maximum absolute atomic E-state index is 12.0. The van der Waals surface area contributed by atoms with Crippen molar-refractivity contribution in [3.8, 4) is 11.3 Å². The molecule has 0 aliphatic heterocycles. The molecule has 0 bridgehead atoms. The van der Waals surface area contributed by atoms with Gasteiger partial charge in [-0.2, -0.15) is 5.10 Å². The summed E-state index contributed by atoms with van der Waals surface area (Å²) in [4.78, 5) is 23.6. The minimum absolute atomic E-state index is 0.0200.